The van der Waals surface area contributed by atoms with Gasteiger partial charge in [-0.2, -0.15) is 5.10 Å². The molecule has 0 saturated carbocycles. The third-order valence-electron chi connectivity index (χ3n) is 3.95. The van der Waals surface area contributed by atoms with Gasteiger partial charge < -0.3 is 10.6 Å². The van der Waals surface area contributed by atoms with Crippen molar-refractivity contribution in [1.29, 1.82) is 0 Å². The van der Waals surface area contributed by atoms with E-state index in [1.54, 1.807) is 6.20 Å². The van der Waals surface area contributed by atoms with Gasteiger partial charge in [-0.15, -0.1) is 0 Å². The summed E-state index contributed by atoms with van der Waals surface area (Å²) in [5.41, 5.74) is 8.75. The first-order valence-electron chi connectivity index (χ1n) is 7.30. The highest BCUT2D eigenvalue weighted by molar-refractivity contribution is 5.46. The van der Waals surface area contributed by atoms with E-state index < -0.39 is 0 Å². The first-order valence-corrected chi connectivity index (χ1v) is 7.30. The molecule has 0 radical (unpaired) electrons. The van der Waals surface area contributed by atoms with Crippen LogP contribution in [-0.2, 0) is 13.6 Å². The van der Waals surface area contributed by atoms with Gasteiger partial charge in [0.2, 0.25) is 0 Å². The average Bonchev–Trinajstić information content (AvgIpc) is 2.79. The first-order chi connectivity index (χ1) is 10.1. The molecule has 1 saturated heterocycles. The molecule has 1 aliphatic rings. The van der Waals surface area contributed by atoms with Gasteiger partial charge in [-0.1, -0.05) is 0 Å². The van der Waals surface area contributed by atoms with Crippen molar-refractivity contribution in [2.24, 2.45) is 7.05 Å². The lowest BCUT2D eigenvalue weighted by molar-refractivity contribution is 0.243. The molecule has 0 bridgehead atoms. The molecule has 0 amide bonds. The van der Waals surface area contributed by atoms with E-state index in [9.17, 15) is 0 Å². The van der Waals surface area contributed by atoms with Gasteiger partial charge in [-0.25, -0.2) is 4.98 Å². The molecular formula is C15H22N6. The number of hydrogen-bond donors (Lipinski definition) is 1. The summed E-state index contributed by atoms with van der Waals surface area (Å²) in [6, 6.07) is 6.07. The summed E-state index contributed by atoms with van der Waals surface area (Å²) in [5.74, 6) is 1.01. The van der Waals surface area contributed by atoms with Crippen LogP contribution in [0.2, 0.25) is 0 Å². The molecule has 2 aromatic heterocycles. The van der Waals surface area contributed by atoms with E-state index in [1.165, 1.54) is 5.69 Å². The number of nitrogens with two attached hydrogens (primary N) is 1. The van der Waals surface area contributed by atoms with Crippen LogP contribution in [0.15, 0.2) is 24.4 Å². The van der Waals surface area contributed by atoms with Gasteiger partial charge in [0.25, 0.3) is 0 Å². The molecule has 6 heteroatoms. The molecule has 6 nitrogen and oxygen atoms in total. The molecule has 3 rings (SSSR count). The smallest absolute Gasteiger partial charge is 0.128 e. The highest BCUT2D eigenvalue weighted by atomic mass is 15.3. The molecule has 21 heavy (non-hydrogen) atoms. The van der Waals surface area contributed by atoms with Crippen molar-refractivity contribution in [3.05, 3.63) is 35.8 Å². The molecule has 3 heterocycles. The monoisotopic (exact) mass is 286 g/mol. The third kappa shape index (κ3) is 3.16. The Labute approximate surface area is 125 Å². The summed E-state index contributed by atoms with van der Waals surface area (Å²) in [6.45, 7) is 7.06. The summed E-state index contributed by atoms with van der Waals surface area (Å²) < 4.78 is 1.98. The summed E-state index contributed by atoms with van der Waals surface area (Å²) in [7, 11) is 2.01. The zero-order valence-corrected chi connectivity index (χ0v) is 12.7. The van der Waals surface area contributed by atoms with Gasteiger partial charge in [-0.05, 0) is 25.1 Å². The van der Waals surface area contributed by atoms with Crippen LogP contribution in [0, 0.1) is 6.92 Å². The molecule has 0 spiro atoms. The van der Waals surface area contributed by atoms with Crippen molar-refractivity contribution < 1.29 is 0 Å². The van der Waals surface area contributed by atoms with Gasteiger partial charge in [0.1, 0.15) is 5.82 Å². The molecule has 0 unspecified atom stereocenters. The van der Waals surface area contributed by atoms with Crippen LogP contribution in [0.25, 0.3) is 0 Å². The SMILES string of the molecule is Cc1cc(CN2CCN(c3ccc(N)cn3)CC2)n(C)n1. The predicted octanol–water partition coefficient (Wildman–Crippen LogP) is 1.03. The van der Waals surface area contributed by atoms with E-state index >= 15 is 0 Å². The van der Waals surface area contributed by atoms with Crippen molar-refractivity contribution in [2.75, 3.05) is 36.8 Å². The number of aromatic nitrogens is 3. The normalized spacial score (nSPS) is 16.4. The van der Waals surface area contributed by atoms with E-state index in [2.05, 4.69) is 25.9 Å². The van der Waals surface area contributed by atoms with Crippen molar-refractivity contribution in [2.45, 2.75) is 13.5 Å². The van der Waals surface area contributed by atoms with Gasteiger partial charge in [-0.3, -0.25) is 9.58 Å². The molecule has 1 fully saturated rings. The van der Waals surface area contributed by atoms with Gasteiger partial charge in [0.05, 0.1) is 23.3 Å². The number of aryl methyl sites for hydroxylation is 2. The molecule has 0 atom stereocenters. The lowest BCUT2D eigenvalue weighted by Gasteiger charge is -2.35. The Bertz CT molecular complexity index is 595. The number of nitrogens with zero attached hydrogens (tertiary/aromatic N) is 5. The number of piperazine rings is 1. The zero-order chi connectivity index (χ0) is 14.8. The van der Waals surface area contributed by atoms with E-state index in [4.69, 9.17) is 5.73 Å². The minimum atomic E-state index is 0.712. The molecule has 0 aromatic carbocycles. The zero-order valence-electron chi connectivity index (χ0n) is 12.7. The first kappa shape index (κ1) is 13.9. The summed E-state index contributed by atoms with van der Waals surface area (Å²) in [6.07, 6.45) is 1.72. The van der Waals surface area contributed by atoms with Crippen LogP contribution in [-0.4, -0.2) is 45.8 Å². The minimum absolute atomic E-state index is 0.712. The van der Waals surface area contributed by atoms with Crippen LogP contribution < -0.4 is 10.6 Å². The molecule has 1 aliphatic heterocycles. The number of nitrogen functional groups attached to an aromatic ring is 1. The van der Waals surface area contributed by atoms with Crippen LogP contribution >= 0.6 is 0 Å². The Hall–Kier alpha value is -2.08. The van der Waals surface area contributed by atoms with Crippen LogP contribution in [0.5, 0.6) is 0 Å². The van der Waals surface area contributed by atoms with Gasteiger partial charge in [0.15, 0.2) is 0 Å². The van der Waals surface area contributed by atoms with Gasteiger partial charge >= 0.3 is 0 Å². The van der Waals surface area contributed by atoms with Crippen LogP contribution in [0.3, 0.4) is 0 Å². The maximum Gasteiger partial charge on any atom is 0.128 e. The molecule has 112 valence electrons. The Morgan fingerprint density at radius 3 is 2.52 bits per heavy atom. The van der Waals surface area contributed by atoms with Crippen molar-refractivity contribution in [3.8, 4) is 0 Å². The van der Waals surface area contributed by atoms with Crippen molar-refractivity contribution in [1.82, 2.24) is 19.7 Å². The number of rotatable bonds is 3. The number of pyridine rings is 1. The summed E-state index contributed by atoms with van der Waals surface area (Å²) >= 11 is 0. The Balaban J connectivity index is 1.57. The fraction of sp³-hybridized carbons (Fsp3) is 0.467. The molecule has 2 N–H and O–H groups in total. The maximum absolute atomic E-state index is 5.68. The topological polar surface area (TPSA) is 63.2 Å². The quantitative estimate of drug-likeness (QED) is 0.913. The standard InChI is InChI=1S/C15H22N6/c1-12-9-14(19(2)18-12)11-20-5-7-21(8-6-20)15-4-3-13(16)10-17-15/h3-4,9-10H,5-8,11,16H2,1-2H3. The average molecular weight is 286 g/mol. The summed E-state index contributed by atoms with van der Waals surface area (Å²) in [5, 5.41) is 4.41. The van der Waals surface area contributed by atoms with E-state index in [1.807, 2.05) is 30.8 Å². The van der Waals surface area contributed by atoms with E-state index in [0.29, 0.717) is 5.69 Å². The molecular weight excluding hydrogens is 264 g/mol. The Morgan fingerprint density at radius 1 is 1.19 bits per heavy atom. The maximum atomic E-state index is 5.68. The molecule has 0 aliphatic carbocycles. The fourth-order valence-corrected chi connectivity index (χ4v) is 2.76. The predicted molar refractivity (Wildman–Crippen MR) is 84.1 cm³/mol. The minimum Gasteiger partial charge on any atom is -0.397 e. The second-order valence-electron chi connectivity index (χ2n) is 5.61. The van der Waals surface area contributed by atoms with E-state index in [0.717, 1.165) is 44.2 Å². The van der Waals surface area contributed by atoms with Gasteiger partial charge in [0, 0.05) is 39.8 Å². The highest BCUT2D eigenvalue weighted by Gasteiger charge is 2.19. The highest BCUT2D eigenvalue weighted by Crippen LogP contribution is 2.16. The van der Waals surface area contributed by atoms with Crippen molar-refractivity contribution in [3.63, 3.8) is 0 Å². The van der Waals surface area contributed by atoms with Crippen LogP contribution in [0.4, 0.5) is 11.5 Å². The molecule has 2 aromatic rings. The lowest BCUT2D eigenvalue weighted by atomic mass is 10.2. The largest absolute Gasteiger partial charge is 0.397 e. The number of hydrogen-bond acceptors (Lipinski definition) is 5. The Kier molecular flexibility index (Phi) is 3.79. The van der Waals surface area contributed by atoms with Crippen molar-refractivity contribution >= 4 is 11.5 Å². The lowest BCUT2D eigenvalue weighted by Crippen LogP contribution is -2.46. The summed E-state index contributed by atoms with van der Waals surface area (Å²) in [4.78, 5) is 9.17. The van der Waals surface area contributed by atoms with Crippen LogP contribution in [0.1, 0.15) is 11.4 Å². The third-order valence-corrected chi connectivity index (χ3v) is 3.95. The second kappa shape index (κ2) is 5.73. The Morgan fingerprint density at radius 2 is 1.95 bits per heavy atom. The van der Waals surface area contributed by atoms with E-state index in [-0.39, 0.29) is 0 Å². The second-order valence-corrected chi connectivity index (χ2v) is 5.61. The number of anilines is 2. The fourth-order valence-electron chi connectivity index (χ4n) is 2.76.